The molecule has 0 atom stereocenters. The van der Waals surface area contributed by atoms with Crippen LogP contribution in [-0.2, 0) is 4.79 Å². The minimum atomic E-state index is -0.488. The Bertz CT molecular complexity index is 480. The van der Waals surface area contributed by atoms with Gasteiger partial charge in [-0.05, 0) is 45.9 Å². The van der Waals surface area contributed by atoms with E-state index < -0.39 is 5.41 Å². The quantitative estimate of drug-likeness (QED) is 0.768. The standard InChI is InChI=1S/C13H17BrN2O/c1-12(2)11(17)15-10-7-8(14)5-6-9(10)16-13(12,3)4/h5-7,16H,1-4H3,(H,15,17). The van der Waals surface area contributed by atoms with E-state index in [0.29, 0.717) is 0 Å². The van der Waals surface area contributed by atoms with E-state index >= 15 is 0 Å². The van der Waals surface area contributed by atoms with Gasteiger partial charge in [-0.1, -0.05) is 15.9 Å². The first kappa shape index (κ1) is 12.4. The lowest BCUT2D eigenvalue weighted by molar-refractivity contribution is -0.126. The Hall–Kier alpha value is -1.03. The van der Waals surface area contributed by atoms with Gasteiger partial charge in [0.25, 0.3) is 0 Å². The predicted octanol–water partition coefficient (Wildman–Crippen LogP) is 3.62. The Morgan fingerprint density at radius 1 is 1.12 bits per heavy atom. The van der Waals surface area contributed by atoms with Crippen molar-refractivity contribution in [3.63, 3.8) is 0 Å². The number of rotatable bonds is 0. The third-order valence-electron chi connectivity index (χ3n) is 3.81. The molecule has 3 nitrogen and oxygen atoms in total. The highest BCUT2D eigenvalue weighted by atomic mass is 79.9. The van der Waals surface area contributed by atoms with E-state index in [2.05, 4.69) is 26.6 Å². The molecule has 0 saturated carbocycles. The number of anilines is 2. The Morgan fingerprint density at radius 2 is 1.76 bits per heavy atom. The number of hydrogen-bond acceptors (Lipinski definition) is 2. The van der Waals surface area contributed by atoms with E-state index in [1.165, 1.54) is 0 Å². The van der Waals surface area contributed by atoms with Crippen molar-refractivity contribution in [2.24, 2.45) is 5.41 Å². The summed E-state index contributed by atoms with van der Waals surface area (Å²) in [5.41, 5.74) is 0.981. The molecule has 1 heterocycles. The second kappa shape index (κ2) is 3.73. The van der Waals surface area contributed by atoms with Gasteiger partial charge in [-0.15, -0.1) is 0 Å². The smallest absolute Gasteiger partial charge is 0.232 e. The normalized spacial score (nSPS) is 20.9. The number of nitrogens with one attached hydrogen (secondary N) is 2. The van der Waals surface area contributed by atoms with Gasteiger partial charge in [0, 0.05) is 10.0 Å². The molecule has 2 rings (SSSR count). The zero-order valence-corrected chi connectivity index (χ0v) is 12.1. The number of carbonyl (C=O) groups is 1. The zero-order chi connectivity index (χ0) is 12.8. The van der Waals surface area contributed by atoms with E-state index in [9.17, 15) is 4.79 Å². The van der Waals surface area contributed by atoms with Crippen LogP contribution in [0.4, 0.5) is 11.4 Å². The summed E-state index contributed by atoms with van der Waals surface area (Å²) in [6, 6.07) is 5.85. The van der Waals surface area contributed by atoms with Crippen LogP contribution in [-0.4, -0.2) is 11.4 Å². The largest absolute Gasteiger partial charge is 0.377 e. The Kier molecular flexibility index (Phi) is 2.73. The summed E-state index contributed by atoms with van der Waals surface area (Å²) in [5, 5.41) is 6.42. The third kappa shape index (κ3) is 1.95. The fraction of sp³-hybridized carbons (Fsp3) is 0.462. The first-order valence-electron chi connectivity index (χ1n) is 5.63. The molecular weight excluding hydrogens is 280 g/mol. The second-order valence-corrected chi connectivity index (χ2v) is 6.43. The number of fused-ring (bicyclic) bond motifs is 1. The van der Waals surface area contributed by atoms with Gasteiger partial charge in [0.15, 0.2) is 0 Å². The van der Waals surface area contributed by atoms with Crippen molar-refractivity contribution in [3.8, 4) is 0 Å². The van der Waals surface area contributed by atoms with Crippen molar-refractivity contribution in [1.82, 2.24) is 0 Å². The van der Waals surface area contributed by atoms with Crippen LogP contribution in [0.3, 0.4) is 0 Å². The minimum absolute atomic E-state index is 0.0341. The van der Waals surface area contributed by atoms with Crippen molar-refractivity contribution in [2.45, 2.75) is 33.2 Å². The Labute approximate surface area is 110 Å². The molecule has 1 aromatic carbocycles. The van der Waals surface area contributed by atoms with E-state index in [-0.39, 0.29) is 11.4 Å². The maximum Gasteiger partial charge on any atom is 0.232 e. The molecule has 17 heavy (non-hydrogen) atoms. The van der Waals surface area contributed by atoms with Crippen LogP contribution in [0.25, 0.3) is 0 Å². The number of benzene rings is 1. The van der Waals surface area contributed by atoms with Gasteiger partial charge in [0.2, 0.25) is 5.91 Å². The van der Waals surface area contributed by atoms with Crippen LogP contribution < -0.4 is 10.6 Å². The van der Waals surface area contributed by atoms with E-state index in [1.807, 2.05) is 45.9 Å². The van der Waals surface area contributed by atoms with Crippen molar-refractivity contribution < 1.29 is 4.79 Å². The van der Waals surface area contributed by atoms with Gasteiger partial charge in [-0.3, -0.25) is 4.79 Å². The van der Waals surface area contributed by atoms with Crippen molar-refractivity contribution in [3.05, 3.63) is 22.7 Å². The summed E-state index contributed by atoms with van der Waals surface area (Å²) in [6.07, 6.45) is 0. The SMILES string of the molecule is CC1(C)Nc2ccc(Br)cc2NC(=O)C1(C)C. The molecule has 0 saturated heterocycles. The summed E-state index contributed by atoms with van der Waals surface area (Å²) in [4.78, 5) is 12.3. The van der Waals surface area contributed by atoms with Gasteiger partial charge in [-0.2, -0.15) is 0 Å². The number of hydrogen-bond donors (Lipinski definition) is 2. The summed E-state index contributed by atoms with van der Waals surface area (Å²) in [7, 11) is 0. The van der Waals surface area contributed by atoms with Crippen LogP contribution in [0.15, 0.2) is 22.7 Å². The lowest BCUT2D eigenvalue weighted by Crippen LogP contribution is -2.50. The molecular formula is C13H17BrN2O. The lowest BCUT2D eigenvalue weighted by atomic mass is 9.74. The molecule has 1 aromatic rings. The van der Waals surface area contributed by atoms with Crippen LogP contribution in [0.1, 0.15) is 27.7 Å². The van der Waals surface area contributed by atoms with Gasteiger partial charge >= 0.3 is 0 Å². The van der Waals surface area contributed by atoms with E-state index in [0.717, 1.165) is 15.8 Å². The lowest BCUT2D eigenvalue weighted by Gasteiger charge is -2.39. The van der Waals surface area contributed by atoms with Crippen LogP contribution in [0.5, 0.6) is 0 Å². The summed E-state index contributed by atoms with van der Waals surface area (Å²) in [6.45, 7) is 8.00. The monoisotopic (exact) mass is 296 g/mol. The molecule has 0 unspecified atom stereocenters. The average molecular weight is 297 g/mol. The molecule has 0 aliphatic carbocycles. The maximum absolute atomic E-state index is 12.3. The molecule has 0 radical (unpaired) electrons. The number of carbonyl (C=O) groups excluding carboxylic acids is 1. The van der Waals surface area contributed by atoms with E-state index in [1.54, 1.807) is 0 Å². The Balaban J connectivity index is 2.55. The highest BCUT2D eigenvalue weighted by molar-refractivity contribution is 9.10. The number of amides is 1. The molecule has 92 valence electrons. The van der Waals surface area contributed by atoms with Crippen LogP contribution >= 0.6 is 15.9 Å². The van der Waals surface area contributed by atoms with E-state index in [4.69, 9.17) is 0 Å². The van der Waals surface area contributed by atoms with Crippen LogP contribution in [0.2, 0.25) is 0 Å². The predicted molar refractivity (Wildman–Crippen MR) is 74.3 cm³/mol. The van der Waals surface area contributed by atoms with Crippen molar-refractivity contribution >= 4 is 33.2 Å². The summed E-state index contributed by atoms with van der Waals surface area (Å²) in [5.74, 6) is 0.0341. The fourth-order valence-electron chi connectivity index (χ4n) is 1.78. The first-order valence-corrected chi connectivity index (χ1v) is 6.42. The van der Waals surface area contributed by atoms with Gasteiger partial charge < -0.3 is 10.6 Å². The average Bonchev–Trinajstić information content (AvgIpc) is 2.26. The maximum atomic E-state index is 12.3. The molecule has 1 aliphatic rings. The van der Waals surface area contributed by atoms with Gasteiger partial charge in [-0.25, -0.2) is 0 Å². The third-order valence-corrected chi connectivity index (χ3v) is 4.30. The Morgan fingerprint density at radius 3 is 2.41 bits per heavy atom. The fourth-order valence-corrected chi connectivity index (χ4v) is 2.15. The van der Waals surface area contributed by atoms with Gasteiger partial charge in [0.1, 0.15) is 0 Å². The molecule has 0 spiro atoms. The summed E-state index contributed by atoms with van der Waals surface area (Å²) < 4.78 is 0.955. The van der Waals surface area contributed by atoms with Crippen molar-refractivity contribution in [2.75, 3.05) is 10.6 Å². The van der Waals surface area contributed by atoms with Crippen molar-refractivity contribution in [1.29, 1.82) is 0 Å². The molecule has 0 bridgehead atoms. The molecule has 0 fully saturated rings. The molecule has 4 heteroatoms. The minimum Gasteiger partial charge on any atom is -0.377 e. The highest BCUT2D eigenvalue weighted by Gasteiger charge is 2.45. The molecule has 1 aliphatic heterocycles. The summed E-state index contributed by atoms with van der Waals surface area (Å²) >= 11 is 3.41. The highest BCUT2D eigenvalue weighted by Crippen LogP contribution is 2.40. The molecule has 2 N–H and O–H groups in total. The topological polar surface area (TPSA) is 41.1 Å². The molecule has 0 aromatic heterocycles. The molecule has 1 amide bonds. The van der Waals surface area contributed by atoms with Gasteiger partial charge in [0.05, 0.1) is 16.8 Å². The van der Waals surface area contributed by atoms with Crippen LogP contribution in [0, 0.1) is 5.41 Å². The number of halogens is 1. The first-order chi connectivity index (χ1) is 7.74. The second-order valence-electron chi connectivity index (χ2n) is 5.52. The zero-order valence-electron chi connectivity index (χ0n) is 10.5.